The number of carboxylic acids is 1. The summed E-state index contributed by atoms with van der Waals surface area (Å²) in [6.07, 6.45) is -0.0782. The molecule has 0 amide bonds. The summed E-state index contributed by atoms with van der Waals surface area (Å²) in [4.78, 5) is 10.7. The molecule has 0 bridgehead atoms. The van der Waals surface area contributed by atoms with Crippen LogP contribution in [0.25, 0.3) is 11.3 Å². The van der Waals surface area contributed by atoms with Crippen molar-refractivity contribution in [3.8, 4) is 17.0 Å². The monoisotopic (exact) mass is 324 g/mol. The topological polar surface area (TPSA) is 64.3 Å². The van der Waals surface area contributed by atoms with Crippen molar-refractivity contribution in [1.82, 2.24) is 9.78 Å². The molecule has 0 fully saturated rings. The van der Waals surface area contributed by atoms with E-state index in [1.54, 1.807) is 24.9 Å². The van der Waals surface area contributed by atoms with E-state index in [2.05, 4.69) is 21.0 Å². The molecule has 100 valence electrons. The number of methoxy groups -OCH3 is 1. The van der Waals surface area contributed by atoms with Gasteiger partial charge in [-0.25, -0.2) is 0 Å². The number of halogens is 1. The summed E-state index contributed by atoms with van der Waals surface area (Å²) in [6.45, 7) is 0. The Hall–Kier alpha value is -1.82. The van der Waals surface area contributed by atoms with E-state index >= 15 is 0 Å². The zero-order chi connectivity index (χ0) is 14.0. The molecule has 19 heavy (non-hydrogen) atoms. The Balaban J connectivity index is 2.38. The molecule has 0 aliphatic carbocycles. The highest BCUT2D eigenvalue weighted by atomic mass is 79.9. The highest BCUT2D eigenvalue weighted by Crippen LogP contribution is 2.30. The Morgan fingerprint density at radius 1 is 1.47 bits per heavy atom. The van der Waals surface area contributed by atoms with E-state index < -0.39 is 5.97 Å². The zero-order valence-electron chi connectivity index (χ0n) is 10.6. The average Bonchev–Trinajstić information content (AvgIpc) is 2.69. The van der Waals surface area contributed by atoms with Gasteiger partial charge in [-0.05, 0) is 40.2 Å². The van der Waals surface area contributed by atoms with Crippen LogP contribution >= 0.6 is 15.9 Å². The smallest absolute Gasteiger partial charge is 0.309 e. The predicted molar refractivity (Wildman–Crippen MR) is 74.2 cm³/mol. The van der Waals surface area contributed by atoms with Crippen molar-refractivity contribution in [1.29, 1.82) is 0 Å². The summed E-state index contributed by atoms with van der Waals surface area (Å²) in [5, 5.41) is 13.0. The van der Waals surface area contributed by atoms with Gasteiger partial charge in [-0.3, -0.25) is 9.48 Å². The molecule has 0 unspecified atom stereocenters. The van der Waals surface area contributed by atoms with Crippen LogP contribution in [0.4, 0.5) is 0 Å². The molecule has 0 saturated heterocycles. The van der Waals surface area contributed by atoms with Crippen LogP contribution in [0.2, 0.25) is 0 Å². The fraction of sp³-hybridized carbons (Fsp3) is 0.231. The molecule has 1 aromatic heterocycles. The lowest BCUT2D eigenvalue weighted by molar-refractivity contribution is -0.136. The Bertz CT molecular complexity index is 622. The molecule has 2 rings (SSSR count). The van der Waals surface area contributed by atoms with Gasteiger partial charge in [0.05, 0.1) is 29.4 Å². The van der Waals surface area contributed by atoms with Gasteiger partial charge >= 0.3 is 5.97 Å². The van der Waals surface area contributed by atoms with Crippen LogP contribution in [0.1, 0.15) is 5.69 Å². The molecule has 0 saturated carbocycles. The normalized spacial score (nSPS) is 10.5. The zero-order valence-corrected chi connectivity index (χ0v) is 12.1. The second-order valence-corrected chi connectivity index (χ2v) is 4.92. The van der Waals surface area contributed by atoms with E-state index in [0.29, 0.717) is 5.69 Å². The number of nitrogens with zero attached hydrogens (tertiary/aromatic N) is 2. The van der Waals surface area contributed by atoms with Gasteiger partial charge in [0.1, 0.15) is 5.75 Å². The Labute approximate surface area is 118 Å². The van der Waals surface area contributed by atoms with E-state index in [-0.39, 0.29) is 6.42 Å². The molecule has 0 atom stereocenters. The van der Waals surface area contributed by atoms with Gasteiger partial charge in [-0.15, -0.1) is 0 Å². The molecule has 1 N–H and O–H groups in total. The van der Waals surface area contributed by atoms with E-state index in [0.717, 1.165) is 21.5 Å². The third kappa shape index (κ3) is 2.96. The number of carbonyl (C=O) groups is 1. The molecule has 1 aromatic carbocycles. The third-order valence-electron chi connectivity index (χ3n) is 2.71. The van der Waals surface area contributed by atoms with Gasteiger partial charge in [-0.1, -0.05) is 0 Å². The van der Waals surface area contributed by atoms with Gasteiger partial charge in [-0.2, -0.15) is 5.10 Å². The first-order valence-corrected chi connectivity index (χ1v) is 6.39. The molecule has 6 heteroatoms. The lowest BCUT2D eigenvalue weighted by Gasteiger charge is -2.06. The summed E-state index contributed by atoms with van der Waals surface area (Å²) in [6, 6.07) is 7.46. The lowest BCUT2D eigenvalue weighted by atomic mass is 10.1. The molecular formula is C13H13BrN2O3. The summed E-state index contributed by atoms with van der Waals surface area (Å²) in [5.74, 6) is -0.141. The Kier molecular flexibility index (Phi) is 3.90. The van der Waals surface area contributed by atoms with E-state index in [1.807, 2.05) is 18.2 Å². The predicted octanol–water partition coefficient (Wildman–Crippen LogP) is 2.49. The Morgan fingerprint density at radius 2 is 2.21 bits per heavy atom. The number of aromatic nitrogens is 2. The summed E-state index contributed by atoms with van der Waals surface area (Å²) in [5.41, 5.74) is 2.34. The van der Waals surface area contributed by atoms with Gasteiger partial charge in [0.15, 0.2) is 0 Å². The second-order valence-electron chi connectivity index (χ2n) is 4.06. The third-order valence-corrected chi connectivity index (χ3v) is 3.33. The quantitative estimate of drug-likeness (QED) is 0.938. The van der Waals surface area contributed by atoms with Gasteiger partial charge < -0.3 is 9.84 Å². The number of hydrogen-bond donors (Lipinski definition) is 1. The first kappa shape index (κ1) is 13.6. The molecule has 1 heterocycles. The van der Waals surface area contributed by atoms with Crippen LogP contribution in [0, 0.1) is 0 Å². The van der Waals surface area contributed by atoms with Crippen molar-refractivity contribution in [2.24, 2.45) is 7.05 Å². The molecule has 0 aliphatic heterocycles. The lowest BCUT2D eigenvalue weighted by Crippen LogP contribution is -2.01. The van der Waals surface area contributed by atoms with Crippen LogP contribution in [-0.4, -0.2) is 28.0 Å². The van der Waals surface area contributed by atoms with Crippen LogP contribution < -0.4 is 4.74 Å². The summed E-state index contributed by atoms with van der Waals surface area (Å²) < 4.78 is 7.69. The van der Waals surface area contributed by atoms with Crippen molar-refractivity contribution in [3.63, 3.8) is 0 Å². The van der Waals surface area contributed by atoms with Gasteiger partial charge in [0.25, 0.3) is 0 Å². The number of hydrogen-bond acceptors (Lipinski definition) is 3. The number of carboxylic acid groups (broad SMARTS) is 1. The van der Waals surface area contributed by atoms with E-state index in [1.165, 1.54) is 0 Å². The number of rotatable bonds is 4. The molecule has 0 radical (unpaired) electrons. The SMILES string of the molecule is COc1ccc(-c2cc(CC(=O)O)nn2C)cc1Br. The number of ether oxygens (including phenoxy) is 1. The van der Waals surface area contributed by atoms with Crippen molar-refractivity contribution in [2.45, 2.75) is 6.42 Å². The van der Waals surface area contributed by atoms with E-state index in [4.69, 9.17) is 9.84 Å². The average molecular weight is 325 g/mol. The number of benzene rings is 1. The van der Waals surface area contributed by atoms with Crippen molar-refractivity contribution in [3.05, 3.63) is 34.4 Å². The molecule has 5 nitrogen and oxygen atoms in total. The van der Waals surface area contributed by atoms with Crippen LogP contribution in [0.15, 0.2) is 28.7 Å². The largest absolute Gasteiger partial charge is 0.496 e. The standard InChI is InChI=1S/C13H13BrN2O3/c1-16-11(6-9(15-16)7-13(17)18)8-3-4-12(19-2)10(14)5-8/h3-6H,7H2,1-2H3,(H,17,18). The van der Waals surface area contributed by atoms with Crippen molar-refractivity contribution < 1.29 is 14.6 Å². The van der Waals surface area contributed by atoms with Gasteiger partial charge in [0.2, 0.25) is 0 Å². The minimum absolute atomic E-state index is 0.0782. The second kappa shape index (κ2) is 5.44. The summed E-state index contributed by atoms with van der Waals surface area (Å²) >= 11 is 3.43. The first-order valence-electron chi connectivity index (χ1n) is 5.60. The molecular weight excluding hydrogens is 312 g/mol. The summed E-state index contributed by atoms with van der Waals surface area (Å²) in [7, 11) is 3.40. The minimum atomic E-state index is -0.888. The maximum absolute atomic E-state index is 10.7. The minimum Gasteiger partial charge on any atom is -0.496 e. The molecule has 0 aliphatic rings. The van der Waals surface area contributed by atoms with Crippen molar-refractivity contribution >= 4 is 21.9 Å². The maximum Gasteiger partial charge on any atom is 0.309 e. The highest BCUT2D eigenvalue weighted by Gasteiger charge is 2.11. The highest BCUT2D eigenvalue weighted by molar-refractivity contribution is 9.10. The fourth-order valence-electron chi connectivity index (χ4n) is 1.86. The molecule has 0 spiro atoms. The van der Waals surface area contributed by atoms with E-state index in [9.17, 15) is 4.79 Å². The number of aryl methyl sites for hydroxylation is 1. The first-order chi connectivity index (χ1) is 9.01. The van der Waals surface area contributed by atoms with Gasteiger partial charge in [0, 0.05) is 12.6 Å². The van der Waals surface area contributed by atoms with Crippen LogP contribution in [0.5, 0.6) is 5.75 Å². The Morgan fingerprint density at radius 3 is 2.79 bits per heavy atom. The van der Waals surface area contributed by atoms with Crippen molar-refractivity contribution in [2.75, 3.05) is 7.11 Å². The van der Waals surface area contributed by atoms with Crippen LogP contribution in [-0.2, 0) is 18.3 Å². The number of aliphatic carboxylic acids is 1. The fourth-order valence-corrected chi connectivity index (χ4v) is 2.40. The maximum atomic E-state index is 10.7. The molecule has 2 aromatic rings. The van der Waals surface area contributed by atoms with Crippen LogP contribution in [0.3, 0.4) is 0 Å².